The first kappa shape index (κ1) is 15.6. The highest BCUT2D eigenvalue weighted by molar-refractivity contribution is 9.10. The van der Waals surface area contributed by atoms with E-state index in [2.05, 4.69) is 15.9 Å². The van der Waals surface area contributed by atoms with Gasteiger partial charge in [0.2, 0.25) is 0 Å². The summed E-state index contributed by atoms with van der Waals surface area (Å²) in [5.41, 5.74) is 4.22. The lowest BCUT2D eigenvalue weighted by atomic mass is 10.2. The number of rotatable bonds is 2. The van der Waals surface area contributed by atoms with E-state index in [4.69, 9.17) is 10.5 Å². The molecule has 0 saturated carbocycles. The van der Waals surface area contributed by atoms with Crippen molar-refractivity contribution in [2.45, 2.75) is 6.18 Å². The Labute approximate surface area is 124 Å². The van der Waals surface area contributed by atoms with Gasteiger partial charge in [-0.25, -0.2) is 8.78 Å². The van der Waals surface area contributed by atoms with Gasteiger partial charge in [-0.1, -0.05) is 6.07 Å². The first-order chi connectivity index (χ1) is 9.70. The highest BCUT2D eigenvalue weighted by Crippen LogP contribution is 2.39. The second-order valence-electron chi connectivity index (χ2n) is 4.03. The van der Waals surface area contributed by atoms with Crippen molar-refractivity contribution in [3.8, 4) is 11.5 Å². The molecule has 0 fully saturated rings. The van der Waals surface area contributed by atoms with Gasteiger partial charge in [0.25, 0.3) is 0 Å². The van der Waals surface area contributed by atoms with Gasteiger partial charge in [-0.05, 0) is 40.2 Å². The fourth-order valence-electron chi connectivity index (χ4n) is 1.56. The summed E-state index contributed by atoms with van der Waals surface area (Å²) in [7, 11) is 0. The van der Waals surface area contributed by atoms with Gasteiger partial charge in [0.15, 0.2) is 23.1 Å². The predicted octanol–water partition coefficient (Wildman–Crippen LogP) is 5.12. The number of anilines is 1. The number of alkyl halides is 3. The van der Waals surface area contributed by atoms with Crippen LogP contribution < -0.4 is 10.5 Å². The predicted molar refractivity (Wildman–Crippen MR) is 70.0 cm³/mol. The normalized spacial score (nSPS) is 11.5. The average Bonchev–Trinajstić information content (AvgIpc) is 2.35. The molecule has 2 aromatic rings. The fraction of sp³-hybridized carbons (Fsp3) is 0.0769. The molecule has 2 N–H and O–H groups in total. The number of nitrogens with two attached hydrogens (primary N) is 1. The van der Waals surface area contributed by atoms with Gasteiger partial charge in [0, 0.05) is 0 Å². The van der Waals surface area contributed by atoms with Crippen LogP contribution in [0.5, 0.6) is 11.5 Å². The maximum Gasteiger partial charge on any atom is 0.416 e. The molecule has 8 heteroatoms. The van der Waals surface area contributed by atoms with Crippen molar-refractivity contribution in [2.24, 2.45) is 0 Å². The van der Waals surface area contributed by atoms with Gasteiger partial charge >= 0.3 is 6.18 Å². The van der Waals surface area contributed by atoms with Crippen LogP contribution >= 0.6 is 15.9 Å². The minimum atomic E-state index is -4.85. The monoisotopic (exact) mass is 367 g/mol. The Hall–Kier alpha value is -1.83. The first-order valence-corrected chi connectivity index (χ1v) is 6.27. The highest BCUT2D eigenvalue weighted by Gasteiger charge is 2.33. The van der Waals surface area contributed by atoms with Crippen LogP contribution in [0.3, 0.4) is 0 Å². The van der Waals surface area contributed by atoms with E-state index >= 15 is 0 Å². The average molecular weight is 368 g/mol. The molecule has 0 saturated heterocycles. The van der Waals surface area contributed by atoms with Crippen molar-refractivity contribution >= 4 is 21.6 Å². The lowest BCUT2D eigenvalue weighted by molar-refractivity contribution is -0.138. The number of benzene rings is 2. The van der Waals surface area contributed by atoms with E-state index in [1.54, 1.807) is 6.07 Å². The van der Waals surface area contributed by atoms with Crippen LogP contribution in [0.4, 0.5) is 27.6 Å². The Bertz CT molecular complexity index is 643. The third kappa shape index (κ3) is 3.26. The molecule has 2 aromatic carbocycles. The van der Waals surface area contributed by atoms with Crippen molar-refractivity contribution in [2.75, 3.05) is 5.73 Å². The van der Waals surface area contributed by atoms with Gasteiger partial charge in [-0.2, -0.15) is 13.2 Å². The quantitative estimate of drug-likeness (QED) is 0.590. The third-order valence-electron chi connectivity index (χ3n) is 2.53. The van der Waals surface area contributed by atoms with Gasteiger partial charge in [0.05, 0.1) is 15.7 Å². The lowest BCUT2D eigenvalue weighted by Gasteiger charge is -2.13. The summed E-state index contributed by atoms with van der Waals surface area (Å²) in [5.74, 6) is -3.99. The number of hydrogen-bond acceptors (Lipinski definition) is 2. The molecule has 21 heavy (non-hydrogen) atoms. The van der Waals surface area contributed by atoms with Crippen LogP contribution in [-0.2, 0) is 6.18 Å². The standard InChI is InChI=1S/C13H7BrF5NO/c14-7-2-1-3-10(20)11(7)21-12-8(15)4-6(5-9(12)16)13(17,18)19/h1-5H,20H2. The minimum Gasteiger partial charge on any atom is -0.448 e. The molecule has 0 heterocycles. The smallest absolute Gasteiger partial charge is 0.416 e. The van der Waals surface area contributed by atoms with Gasteiger partial charge in [-0.3, -0.25) is 0 Å². The maximum atomic E-state index is 13.7. The molecule has 0 aliphatic carbocycles. The van der Waals surface area contributed by atoms with Gasteiger partial charge in [-0.15, -0.1) is 0 Å². The molecule has 0 radical (unpaired) electrons. The second kappa shape index (κ2) is 5.51. The van der Waals surface area contributed by atoms with E-state index in [9.17, 15) is 22.0 Å². The number of para-hydroxylation sites is 1. The van der Waals surface area contributed by atoms with Gasteiger partial charge < -0.3 is 10.5 Å². The topological polar surface area (TPSA) is 35.2 Å². The molecule has 0 aromatic heterocycles. The van der Waals surface area contributed by atoms with Crippen LogP contribution in [-0.4, -0.2) is 0 Å². The van der Waals surface area contributed by atoms with E-state index in [0.29, 0.717) is 4.47 Å². The van der Waals surface area contributed by atoms with E-state index in [0.717, 1.165) is 0 Å². The van der Waals surface area contributed by atoms with Gasteiger partial charge in [0.1, 0.15) is 0 Å². The molecule has 112 valence electrons. The Morgan fingerprint density at radius 2 is 1.57 bits per heavy atom. The molecule has 0 amide bonds. The maximum absolute atomic E-state index is 13.7. The second-order valence-corrected chi connectivity index (χ2v) is 4.88. The molecule has 0 atom stereocenters. The largest absolute Gasteiger partial charge is 0.448 e. The summed E-state index contributed by atoms with van der Waals surface area (Å²) in [5, 5.41) is 0. The number of halogens is 6. The highest BCUT2D eigenvalue weighted by atomic mass is 79.9. The van der Waals surface area contributed by atoms with Crippen LogP contribution in [0, 0.1) is 11.6 Å². The molecule has 0 aliphatic heterocycles. The Balaban J connectivity index is 2.47. The Morgan fingerprint density at radius 3 is 2.05 bits per heavy atom. The summed E-state index contributed by atoms with van der Waals surface area (Å²) in [4.78, 5) is 0. The van der Waals surface area contributed by atoms with Crippen molar-refractivity contribution in [3.05, 3.63) is 52.0 Å². The van der Waals surface area contributed by atoms with Crippen LogP contribution in [0.1, 0.15) is 5.56 Å². The SMILES string of the molecule is Nc1cccc(Br)c1Oc1c(F)cc(C(F)(F)F)cc1F. The van der Waals surface area contributed by atoms with Crippen molar-refractivity contribution < 1.29 is 26.7 Å². The summed E-state index contributed by atoms with van der Waals surface area (Å²) < 4.78 is 69.9. The van der Waals surface area contributed by atoms with E-state index in [1.807, 2.05) is 0 Å². The molecular weight excluding hydrogens is 361 g/mol. The van der Waals surface area contributed by atoms with Crippen LogP contribution in [0.25, 0.3) is 0 Å². The fourth-order valence-corrected chi connectivity index (χ4v) is 2.02. The van der Waals surface area contributed by atoms with E-state index < -0.39 is 29.1 Å². The molecular formula is C13H7BrF5NO. The van der Waals surface area contributed by atoms with Crippen molar-refractivity contribution in [1.82, 2.24) is 0 Å². The number of ether oxygens (including phenoxy) is 1. The van der Waals surface area contributed by atoms with Crippen LogP contribution in [0.15, 0.2) is 34.8 Å². The van der Waals surface area contributed by atoms with E-state index in [-0.39, 0.29) is 23.6 Å². The van der Waals surface area contributed by atoms with Crippen molar-refractivity contribution in [3.63, 3.8) is 0 Å². The lowest BCUT2D eigenvalue weighted by Crippen LogP contribution is -2.07. The summed E-state index contributed by atoms with van der Waals surface area (Å²) in [6.45, 7) is 0. The zero-order valence-electron chi connectivity index (χ0n) is 10.1. The number of nitrogen functional groups attached to an aromatic ring is 1. The summed E-state index contributed by atoms with van der Waals surface area (Å²) >= 11 is 3.07. The molecule has 0 unspecified atom stereocenters. The molecule has 0 aliphatic rings. The Morgan fingerprint density at radius 1 is 1.00 bits per heavy atom. The summed E-state index contributed by atoms with van der Waals surface area (Å²) in [6, 6.07) is 4.80. The van der Waals surface area contributed by atoms with Crippen molar-refractivity contribution in [1.29, 1.82) is 0 Å². The van der Waals surface area contributed by atoms with E-state index in [1.165, 1.54) is 12.1 Å². The molecule has 2 rings (SSSR count). The molecule has 2 nitrogen and oxygen atoms in total. The molecule has 0 spiro atoms. The summed E-state index contributed by atoms with van der Waals surface area (Å²) in [6.07, 6.45) is -4.85. The molecule has 0 bridgehead atoms. The third-order valence-corrected chi connectivity index (χ3v) is 3.15. The zero-order valence-corrected chi connectivity index (χ0v) is 11.7. The Kier molecular flexibility index (Phi) is 4.08. The van der Waals surface area contributed by atoms with Crippen LogP contribution in [0.2, 0.25) is 0 Å². The first-order valence-electron chi connectivity index (χ1n) is 5.48. The zero-order chi connectivity index (χ0) is 15.8. The number of hydrogen-bond donors (Lipinski definition) is 1. The minimum absolute atomic E-state index is 0.0723.